The predicted octanol–water partition coefficient (Wildman–Crippen LogP) is 18.1. The highest BCUT2D eigenvalue weighted by Gasteiger charge is 2.20. The van der Waals surface area contributed by atoms with Gasteiger partial charge in [0, 0.05) is 65.7 Å². The van der Waals surface area contributed by atoms with Crippen LogP contribution < -0.4 is 0 Å². The summed E-state index contributed by atoms with van der Waals surface area (Å²) < 4.78 is 13.3. The maximum atomic E-state index is 6.94. The van der Waals surface area contributed by atoms with E-state index in [2.05, 4.69) is 164 Å². The van der Waals surface area contributed by atoms with Gasteiger partial charge in [0.05, 0.1) is 0 Å². The van der Waals surface area contributed by atoms with Crippen molar-refractivity contribution in [3.8, 4) is 79.5 Å². The molecule has 0 atom stereocenters. The van der Waals surface area contributed by atoms with Gasteiger partial charge in [-0.2, -0.15) is 0 Å². The van der Waals surface area contributed by atoms with Gasteiger partial charge in [-0.05, 0) is 104 Å². The summed E-state index contributed by atoms with van der Waals surface area (Å²) >= 11 is 0. The minimum absolute atomic E-state index is 0.586. The van der Waals surface area contributed by atoms with Crippen LogP contribution in [0.3, 0.4) is 0 Å². The molecule has 16 rings (SSSR count). The van der Waals surface area contributed by atoms with Gasteiger partial charge in [-0.25, -0.2) is 29.9 Å². The van der Waals surface area contributed by atoms with Crippen LogP contribution in [-0.2, 0) is 0 Å². The third-order valence-corrected chi connectivity index (χ3v) is 15.2. The van der Waals surface area contributed by atoms with E-state index in [9.17, 15) is 0 Å². The Kier molecular flexibility index (Phi) is 9.77. The lowest BCUT2D eigenvalue weighted by molar-refractivity contribution is 0.672. The van der Waals surface area contributed by atoms with Gasteiger partial charge < -0.3 is 8.83 Å². The highest BCUT2D eigenvalue weighted by atomic mass is 16.3. The molecule has 0 spiro atoms. The van der Waals surface area contributed by atoms with Crippen LogP contribution in [0.2, 0.25) is 0 Å². The predicted molar refractivity (Wildman–Crippen MR) is 316 cm³/mol. The summed E-state index contributed by atoms with van der Waals surface area (Å²) in [4.78, 5) is 30.8. The van der Waals surface area contributed by atoms with Crippen LogP contribution in [0, 0.1) is 0 Å². The fourth-order valence-electron chi connectivity index (χ4n) is 11.3. The Morgan fingerprint density at radius 1 is 0.205 bits per heavy atom. The Bertz CT molecular complexity index is 5110. The minimum Gasteiger partial charge on any atom is -0.455 e. The fourth-order valence-corrected chi connectivity index (χ4v) is 11.3. The molecular formula is C70H40N6O2. The van der Waals surface area contributed by atoms with Crippen molar-refractivity contribution in [2.24, 2.45) is 0 Å². The molecule has 0 bridgehead atoms. The third kappa shape index (κ3) is 7.23. The van der Waals surface area contributed by atoms with Crippen molar-refractivity contribution in [1.82, 2.24) is 29.9 Å². The van der Waals surface area contributed by atoms with Crippen LogP contribution in [-0.4, -0.2) is 29.9 Å². The molecule has 0 N–H and O–H groups in total. The van der Waals surface area contributed by atoms with Gasteiger partial charge >= 0.3 is 0 Å². The van der Waals surface area contributed by atoms with E-state index in [4.69, 9.17) is 38.7 Å². The summed E-state index contributed by atoms with van der Waals surface area (Å²) in [6.45, 7) is 0. The molecule has 0 aliphatic carbocycles. The normalized spacial score (nSPS) is 11.8. The monoisotopic (exact) mass is 996 g/mol. The van der Waals surface area contributed by atoms with Gasteiger partial charge in [-0.1, -0.05) is 182 Å². The van der Waals surface area contributed by atoms with E-state index in [-0.39, 0.29) is 0 Å². The average molecular weight is 997 g/mol. The van der Waals surface area contributed by atoms with Crippen molar-refractivity contribution in [2.45, 2.75) is 0 Å². The molecule has 0 amide bonds. The number of nitrogens with zero attached hydrogens (tertiary/aromatic N) is 6. The van der Waals surface area contributed by atoms with Crippen LogP contribution in [0.25, 0.3) is 166 Å². The SMILES string of the molecule is c1ccc(-c2nc(-c3ccc4ccccc4c3)nc(-c3ccc4ccc5c6ccc(-c7ccc(-c8nc(-c9ccccc9)nc(-c9ccc%10c(ccc%11c%12ccccc%12oc%10%11)c9)n8)c8ccccc78)cc6oc5c4c3)n2)cc1. The number of furan rings is 2. The smallest absolute Gasteiger partial charge is 0.164 e. The van der Waals surface area contributed by atoms with Crippen molar-refractivity contribution in [2.75, 3.05) is 0 Å². The Hall–Kier alpha value is -10.7. The van der Waals surface area contributed by atoms with E-state index >= 15 is 0 Å². The molecule has 0 radical (unpaired) electrons. The van der Waals surface area contributed by atoms with Crippen molar-refractivity contribution >= 4 is 87.0 Å². The first-order chi connectivity index (χ1) is 38.6. The molecule has 12 aromatic carbocycles. The van der Waals surface area contributed by atoms with E-state index in [1.807, 2.05) is 78.9 Å². The number of benzene rings is 12. The van der Waals surface area contributed by atoms with Crippen molar-refractivity contribution < 1.29 is 8.83 Å². The molecule has 8 heteroatoms. The minimum atomic E-state index is 0.586. The van der Waals surface area contributed by atoms with E-state index < -0.39 is 0 Å². The molecule has 16 aromatic rings. The van der Waals surface area contributed by atoms with Crippen molar-refractivity contribution in [3.05, 3.63) is 243 Å². The van der Waals surface area contributed by atoms with Crippen LogP contribution in [0.4, 0.5) is 0 Å². The number of hydrogen-bond donors (Lipinski definition) is 0. The molecule has 0 aliphatic rings. The first kappa shape index (κ1) is 43.7. The highest BCUT2D eigenvalue weighted by Crippen LogP contribution is 2.42. The van der Waals surface area contributed by atoms with Gasteiger partial charge in [0.15, 0.2) is 34.9 Å². The molecule has 4 heterocycles. The molecule has 78 heavy (non-hydrogen) atoms. The number of para-hydroxylation sites is 1. The summed E-state index contributed by atoms with van der Waals surface area (Å²) in [7, 11) is 0. The Morgan fingerprint density at radius 3 is 1.35 bits per heavy atom. The molecule has 0 fully saturated rings. The Morgan fingerprint density at radius 2 is 0.641 bits per heavy atom. The summed E-state index contributed by atoms with van der Waals surface area (Å²) in [5.41, 5.74) is 10.9. The average Bonchev–Trinajstić information content (AvgIpc) is 4.21. The van der Waals surface area contributed by atoms with Crippen LogP contribution >= 0.6 is 0 Å². The zero-order valence-corrected chi connectivity index (χ0v) is 41.6. The fraction of sp³-hybridized carbons (Fsp3) is 0. The lowest BCUT2D eigenvalue weighted by Gasteiger charge is -2.13. The molecular weight excluding hydrogens is 957 g/mol. The Balaban J connectivity index is 0.793. The highest BCUT2D eigenvalue weighted by molar-refractivity contribution is 6.17. The lowest BCUT2D eigenvalue weighted by Crippen LogP contribution is -2.00. The first-order valence-electron chi connectivity index (χ1n) is 26.0. The third-order valence-electron chi connectivity index (χ3n) is 15.2. The van der Waals surface area contributed by atoms with Crippen molar-refractivity contribution in [1.29, 1.82) is 0 Å². The largest absolute Gasteiger partial charge is 0.455 e. The maximum absolute atomic E-state index is 6.94. The summed E-state index contributed by atoms with van der Waals surface area (Å²) in [6.07, 6.45) is 0. The van der Waals surface area contributed by atoms with Gasteiger partial charge in [0.1, 0.15) is 22.3 Å². The van der Waals surface area contributed by atoms with Crippen molar-refractivity contribution in [3.63, 3.8) is 0 Å². The first-order valence-corrected chi connectivity index (χ1v) is 26.0. The summed E-state index contributed by atoms with van der Waals surface area (Å²) in [6, 6.07) is 83.7. The van der Waals surface area contributed by atoms with E-state index in [1.54, 1.807) is 0 Å². The molecule has 0 unspecified atom stereocenters. The van der Waals surface area contributed by atoms with Crippen LogP contribution in [0.1, 0.15) is 0 Å². The summed E-state index contributed by atoms with van der Waals surface area (Å²) in [5.74, 6) is 3.59. The summed E-state index contributed by atoms with van der Waals surface area (Å²) in [5, 5.41) is 12.8. The second-order valence-corrected chi connectivity index (χ2v) is 19.8. The molecule has 0 saturated heterocycles. The van der Waals surface area contributed by atoms with Gasteiger partial charge in [0.25, 0.3) is 0 Å². The molecule has 0 saturated carbocycles. The van der Waals surface area contributed by atoms with Crippen LogP contribution in [0.5, 0.6) is 0 Å². The number of rotatable bonds is 7. The van der Waals surface area contributed by atoms with Gasteiger partial charge in [-0.3, -0.25) is 0 Å². The maximum Gasteiger partial charge on any atom is 0.164 e. The molecule has 8 nitrogen and oxygen atoms in total. The zero-order chi connectivity index (χ0) is 51.3. The van der Waals surface area contributed by atoms with E-state index in [0.29, 0.717) is 34.9 Å². The number of aromatic nitrogens is 6. The van der Waals surface area contributed by atoms with Gasteiger partial charge in [-0.15, -0.1) is 0 Å². The van der Waals surface area contributed by atoms with E-state index in [1.165, 1.54) is 0 Å². The second-order valence-electron chi connectivity index (χ2n) is 19.8. The lowest BCUT2D eigenvalue weighted by atomic mass is 9.94. The molecule has 362 valence electrons. The number of fused-ring (bicyclic) bond motifs is 12. The standard InChI is InChI=1S/C70H40N6O2/c1-3-14-43(15-4-1)65-71-67(48-25-23-41-13-7-8-18-45(41)37-48)74-69(72-65)50-26-24-42-27-33-58-56-32-28-47(40-62(56)78-64(58)60(42)39-50)51-35-36-59(54-20-10-9-19-53(51)54)70-75-66(44-16-5-2-6-17-44)73-68(76-70)49-30-31-52-46(38-49)29-34-57-55-21-11-12-22-61(55)77-63(52)57/h1-40H. The van der Waals surface area contributed by atoms with Gasteiger partial charge in [0.2, 0.25) is 0 Å². The quantitative estimate of drug-likeness (QED) is 0.156. The second kappa shape index (κ2) is 17.4. The van der Waals surface area contributed by atoms with Crippen LogP contribution in [0.15, 0.2) is 251 Å². The molecule has 0 aliphatic heterocycles. The zero-order valence-electron chi connectivity index (χ0n) is 41.6. The Labute approximate surface area is 445 Å². The topological polar surface area (TPSA) is 104 Å². The number of hydrogen-bond acceptors (Lipinski definition) is 8. The molecule has 4 aromatic heterocycles. The van der Waals surface area contributed by atoms with E-state index in [0.717, 1.165) is 131 Å².